The fourth-order valence-corrected chi connectivity index (χ4v) is 1.30. The van der Waals surface area contributed by atoms with Crippen LogP contribution in [0.15, 0.2) is 6.20 Å². The molecule has 1 rings (SSSR count). The fraction of sp³-hybridized carbons (Fsp3) is 0.273. The SMILES string of the molecule is C#CCCC(=O)Nc1c[nH]c(C)c1C(=O)O. The molecule has 5 nitrogen and oxygen atoms in total. The quantitative estimate of drug-likeness (QED) is 0.670. The zero-order valence-electron chi connectivity index (χ0n) is 8.83. The highest BCUT2D eigenvalue weighted by Crippen LogP contribution is 2.19. The van der Waals surface area contributed by atoms with Crippen molar-refractivity contribution in [2.45, 2.75) is 19.8 Å². The number of hydrogen-bond donors (Lipinski definition) is 3. The largest absolute Gasteiger partial charge is 0.478 e. The number of aromatic carboxylic acids is 1. The normalized spacial score (nSPS) is 9.50. The number of terminal acetylenes is 1. The van der Waals surface area contributed by atoms with Crippen LogP contribution < -0.4 is 5.32 Å². The molecule has 1 aromatic rings. The lowest BCUT2D eigenvalue weighted by atomic mass is 10.2. The van der Waals surface area contributed by atoms with Crippen molar-refractivity contribution in [2.24, 2.45) is 0 Å². The molecule has 0 radical (unpaired) electrons. The molecule has 0 aromatic carbocycles. The molecule has 0 atom stereocenters. The van der Waals surface area contributed by atoms with E-state index in [1.54, 1.807) is 6.92 Å². The molecule has 84 valence electrons. The molecule has 0 bridgehead atoms. The number of carboxylic acid groups (broad SMARTS) is 1. The third-order valence-electron chi connectivity index (χ3n) is 2.06. The van der Waals surface area contributed by atoms with Crippen LogP contribution in [0.4, 0.5) is 5.69 Å². The molecular weight excluding hydrogens is 208 g/mol. The van der Waals surface area contributed by atoms with E-state index in [-0.39, 0.29) is 23.6 Å². The van der Waals surface area contributed by atoms with Gasteiger partial charge in [0.05, 0.1) is 5.69 Å². The van der Waals surface area contributed by atoms with Crippen LogP contribution in [0, 0.1) is 19.3 Å². The standard InChI is InChI=1S/C11H12N2O3/c1-3-4-5-9(14)13-8-6-12-7(2)10(8)11(15)16/h1,6,12H,4-5H2,2H3,(H,13,14)(H,15,16). The number of nitrogens with one attached hydrogen (secondary N) is 2. The summed E-state index contributed by atoms with van der Waals surface area (Å²) in [4.78, 5) is 25.0. The van der Waals surface area contributed by atoms with Gasteiger partial charge in [0, 0.05) is 24.7 Å². The first-order valence-corrected chi connectivity index (χ1v) is 4.70. The van der Waals surface area contributed by atoms with Gasteiger partial charge >= 0.3 is 5.97 Å². The number of rotatable bonds is 4. The summed E-state index contributed by atoms with van der Waals surface area (Å²) in [6.07, 6.45) is 6.98. The molecule has 0 aliphatic heterocycles. The molecule has 0 saturated carbocycles. The molecule has 1 heterocycles. The van der Waals surface area contributed by atoms with Crippen LogP contribution >= 0.6 is 0 Å². The molecule has 3 N–H and O–H groups in total. The Bertz CT molecular complexity index is 454. The third kappa shape index (κ3) is 2.64. The predicted molar refractivity (Wildman–Crippen MR) is 59.2 cm³/mol. The first-order chi connectivity index (χ1) is 7.56. The number of aromatic nitrogens is 1. The molecule has 0 aliphatic rings. The second-order valence-corrected chi connectivity index (χ2v) is 3.26. The van der Waals surface area contributed by atoms with E-state index in [0.717, 1.165) is 0 Å². The van der Waals surface area contributed by atoms with E-state index in [9.17, 15) is 9.59 Å². The maximum Gasteiger partial charge on any atom is 0.339 e. The molecule has 0 unspecified atom stereocenters. The summed E-state index contributed by atoms with van der Waals surface area (Å²) in [5.74, 6) is 0.972. The lowest BCUT2D eigenvalue weighted by molar-refractivity contribution is -0.116. The minimum atomic E-state index is -1.08. The Kier molecular flexibility index (Phi) is 3.72. The van der Waals surface area contributed by atoms with Gasteiger partial charge in [-0.1, -0.05) is 0 Å². The number of amides is 1. The highest BCUT2D eigenvalue weighted by molar-refractivity contribution is 6.01. The number of carboxylic acids is 1. The average molecular weight is 220 g/mol. The zero-order chi connectivity index (χ0) is 12.1. The van der Waals surface area contributed by atoms with Gasteiger partial charge in [-0.15, -0.1) is 12.3 Å². The van der Waals surface area contributed by atoms with E-state index in [4.69, 9.17) is 11.5 Å². The van der Waals surface area contributed by atoms with Gasteiger partial charge in [-0.05, 0) is 6.92 Å². The Hall–Kier alpha value is -2.22. The lowest BCUT2D eigenvalue weighted by Gasteiger charge is -2.03. The molecule has 0 saturated heterocycles. The predicted octanol–water partition coefficient (Wildman–Crippen LogP) is 1.37. The summed E-state index contributed by atoms with van der Waals surface area (Å²) in [5, 5.41) is 11.4. The molecule has 1 amide bonds. The second kappa shape index (κ2) is 5.03. The zero-order valence-corrected chi connectivity index (χ0v) is 8.83. The third-order valence-corrected chi connectivity index (χ3v) is 2.06. The molecule has 0 spiro atoms. The molecule has 1 aromatic heterocycles. The Morgan fingerprint density at radius 1 is 1.62 bits per heavy atom. The van der Waals surface area contributed by atoms with Gasteiger partial charge in [0.15, 0.2) is 0 Å². The van der Waals surface area contributed by atoms with E-state index in [0.29, 0.717) is 12.1 Å². The number of carbonyl (C=O) groups excluding carboxylic acids is 1. The molecule has 16 heavy (non-hydrogen) atoms. The maximum atomic E-state index is 11.3. The van der Waals surface area contributed by atoms with Crippen molar-refractivity contribution in [1.82, 2.24) is 4.98 Å². The number of aryl methyl sites for hydroxylation is 1. The molecule has 0 fully saturated rings. The monoisotopic (exact) mass is 220 g/mol. The van der Waals surface area contributed by atoms with Crippen molar-refractivity contribution in [2.75, 3.05) is 5.32 Å². The van der Waals surface area contributed by atoms with Gasteiger partial charge in [0.2, 0.25) is 5.91 Å². The average Bonchev–Trinajstić information content (AvgIpc) is 2.56. The highest BCUT2D eigenvalue weighted by Gasteiger charge is 2.16. The van der Waals surface area contributed by atoms with Crippen LogP contribution in [-0.4, -0.2) is 22.0 Å². The maximum absolute atomic E-state index is 11.3. The molecule has 5 heteroatoms. The minimum Gasteiger partial charge on any atom is -0.478 e. The van der Waals surface area contributed by atoms with Crippen molar-refractivity contribution in [3.63, 3.8) is 0 Å². The first-order valence-electron chi connectivity index (χ1n) is 4.70. The number of anilines is 1. The summed E-state index contributed by atoms with van der Waals surface area (Å²) in [6, 6.07) is 0. The van der Waals surface area contributed by atoms with Crippen LogP contribution in [0.25, 0.3) is 0 Å². The Balaban J connectivity index is 2.78. The number of carbonyl (C=O) groups is 2. The van der Waals surface area contributed by atoms with Crippen molar-refractivity contribution < 1.29 is 14.7 Å². The van der Waals surface area contributed by atoms with E-state index < -0.39 is 5.97 Å². The van der Waals surface area contributed by atoms with E-state index in [1.165, 1.54) is 6.20 Å². The summed E-state index contributed by atoms with van der Waals surface area (Å²) in [7, 11) is 0. The second-order valence-electron chi connectivity index (χ2n) is 3.26. The lowest BCUT2D eigenvalue weighted by Crippen LogP contribution is -2.13. The smallest absolute Gasteiger partial charge is 0.339 e. The number of aromatic amines is 1. The fourth-order valence-electron chi connectivity index (χ4n) is 1.30. The van der Waals surface area contributed by atoms with Gasteiger partial charge in [-0.25, -0.2) is 4.79 Å². The van der Waals surface area contributed by atoms with Crippen molar-refractivity contribution in [3.05, 3.63) is 17.5 Å². The van der Waals surface area contributed by atoms with E-state index >= 15 is 0 Å². The van der Waals surface area contributed by atoms with Crippen LogP contribution in [0.1, 0.15) is 28.9 Å². The first kappa shape index (κ1) is 11.9. The topological polar surface area (TPSA) is 82.2 Å². The Morgan fingerprint density at radius 3 is 2.88 bits per heavy atom. The van der Waals surface area contributed by atoms with Crippen LogP contribution in [0.3, 0.4) is 0 Å². The number of hydrogen-bond acceptors (Lipinski definition) is 2. The summed E-state index contributed by atoms with van der Waals surface area (Å²) in [6.45, 7) is 1.63. The van der Waals surface area contributed by atoms with E-state index in [1.807, 2.05) is 0 Å². The van der Waals surface area contributed by atoms with Gasteiger partial charge < -0.3 is 15.4 Å². The van der Waals surface area contributed by atoms with Crippen molar-refractivity contribution in [1.29, 1.82) is 0 Å². The van der Waals surface area contributed by atoms with Gasteiger partial charge in [-0.3, -0.25) is 4.79 Å². The van der Waals surface area contributed by atoms with Gasteiger partial charge in [-0.2, -0.15) is 0 Å². The van der Waals surface area contributed by atoms with Crippen LogP contribution in [-0.2, 0) is 4.79 Å². The summed E-state index contributed by atoms with van der Waals surface area (Å²) in [5.41, 5.74) is 0.848. The van der Waals surface area contributed by atoms with Crippen molar-refractivity contribution >= 4 is 17.6 Å². The molecule has 0 aliphatic carbocycles. The minimum absolute atomic E-state index is 0.0778. The van der Waals surface area contributed by atoms with Gasteiger partial charge in [0.1, 0.15) is 5.56 Å². The van der Waals surface area contributed by atoms with Gasteiger partial charge in [0.25, 0.3) is 0 Å². The number of H-pyrrole nitrogens is 1. The van der Waals surface area contributed by atoms with Crippen molar-refractivity contribution in [3.8, 4) is 12.3 Å². The highest BCUT2D eigenvalue weighted by atomic mass is 16.4. The Labute approximate surface area is 92.9 Å². The summed E-state index contributed by atoms with van der Waals surface area (Å²) >= 11 is 0. The van der Waals surface area contributed by atoms with Crippen LogP contribution in [0.5, 0.6) is 0 Å². The van der Waals surface area contributed by atoms with Crippen LogP contribution in [0.2, 0.25) is 0 Å². The Morgan fingerprint density at radius 2 is 2.31 bits per heavy atom. The molecular formula is C11H12N2O3. The van der Waals surface area contributed by atoms with E-state index in [2.05, 4.69) is 16.2 Å². The summed E-state index contributed by atoms with van der Waals surface area (Å²) < 4.78 is 0.